The van der Waals surface area contributed by atoms with E-state index in [0.29, 0.717) is 17.5 Å². The molecule has 6 heteroatoms. The third-order valence-electron chi connectivity index (χ3n) is 3.71. The molecule has 2 N–H and O–H groups in total. The summed E-state index contributed by atoms with van der Waals surface area (Å²) >= 11 is 0. The summed E-state index contributed by atoms with van der Waals surface area (Å²) in [5, 5.41) is 12.4. The minimum Gasteiger partial charge on any atom is -0.481 e. The van der Waals surface area contributed by atoms with E-state index in [4.69, 9.17) is 0 Å². The second kappa shape index (κ2) is 6.80. The van der Waals surface area contributed by atoms with Crippen LogP contribution in [0.15, 0.2) is 49.1 Å². The smallest absolute Gasteiger partial charge is 0.315 e. The Morgan fingerprint density at radius 1 is 1.18 bits per heavy atom. The highest BCUT2D eigenvalue weighted by molar-refractivity contribution is 5.94. The van der Waals surface area contributed by atoms with Gasteiger partial charge in [-0.15, -0.1) is 0 Å². The van der Waals surface area contributed by atoms with E-state index in [1.807, 2.05) is 6.07 Å². The molecule has 6 nitrogen and oxygen atoms in total. The van der Waals surface area contributed by atoms with Crippen LogP contribution in [-0.4, -0.2) is 33.5 Å². The third-order valence-corrected chi connectivity index (χ3v) is 3.71. The van der Waals surface area contributed by atoms with Crippen molar-refractivity contribution in [3.63, 3.8) is 0 Å². The van der Waals surface area contributed by atoms with Crippen LogP contribution in [0.2, 0.25) is 0 Å². The Labute approximate surface area is 128 Å². The normalized spacial score (nSPS) is 13.1. The van der Waals surface area contributed by atoms with Gasteiger partial charge in [-0.25, -0.2) is 9.97 Å². The summed E-state index contributed by atoms with van der Waals surface area (Å²) < 4.78 is 0. The molecule has 2 aromatic rings. The number of benzene rings is 1. The van der Waals surface area contributed by atoms with Crippen molar-refractivity contribution in [1.29, 1.82) is 0 Å². The van der Waals surface area contributed by atoms with E-state index in [0.717, 1.165) is 0 Å². The van der Waals surface area contributed by atoms with Crippen molar-refractivity contribution in [3.8, 4) is 0 Å². The molecule has 0 saturated carbocycles. The first kappa shape index (κ1) is 15.6. The van der Waals surface area contributed by atoms with Crippen LogP contribution in [0.1, 0.15) is 29.3 Å². The van der Waals surface area contributed by atoms with Gasteiger partial charge in [0.15, 0.2) is 0 Å². The molecule has 1 aromatic heterocycles. The Morgan fingerprint density at radius 3 is 2.36 bits per heavy atom. The molecule has 1 atom stereocenters. The van der Waals surface area contributed by atoms with Gasteiger partial charge in [0.25, 0.3) is 5.91 Å². The molecular formula is C16H17N3O3. The van der Waals surface area contributed by atoms with Crippen LogP contribution in [-0.2, 0) is 10.2 Å². The average Bonchev–Trinajstić information content (AvgIpc) is 2.57. The number of rotatable bonds is 6. The van der Waals surface area contributed by atoms with Gasteiger partial charge in [0.2, 0.25) is 0 Å². The number of hydrogen-bond acceptors (Lipinski definition) is 4. The summed E-state index contributed by atoms with van der Waals surface area (Å²) in [5.74, 6) is -1.36. The van der Waals surface area contributed by atoms with Crippen molar-refractivity contribution in [2.45, 2.75) is 18.8 Å². The van der Waals surface area contributed by atoms with Crippen LogP contribution in [0.25, 0.3) is 0 Å². The molecule has 0 bridgehead atoms. The fraction of sp³-hybridized carbons (Fsp3) is 0.250. The summed E-state index contributed by atoms with van der Waals surface area (Å²) in [7, 11) is 0. The van der Waals surface area contributed by atoms with Gasteiger partial charge in [0, 0.05) is 18.9 Å². The zero-order valence-electron chi connectivity index (χ0n) is 12.2. The Morgan fingerprint density at radius 2 is 1.82 bits per heavy atom. The fourth-order valence-corrected chi connectivity index (χ4v) is 2.29. The highest BCUT2D eigenvalue weighted by Crippen LogP contribution is 2.27. The molecule has 0 aliphatic carbocycles. The molecule has 1 amide bonds. The molecule has 0 saturated heterocycles. The number of carboxylic acid groups (broad SMARTS) is 1. The monoisotopic (exact) mass is 299 g/mol. The van der Waals surface area contributed by atoms with Gasteiger partial charge in [0.05, 0.1) is 5.56 Å². The van der Waals surface area contributed by atoms with Gasteiger partial charge < -0.3 is 10.4 Å². The van der Waals surface area contributed by atoms with Crippen LogP contribution in [0.4, 0.5) is 0 Å². The van der Waals surface area contributed by atoms with Gasteiger partial charge >= 0.3 is 5.97 Å². The zero-order chi connectivity index (χ0) is 16.0. The molecule has 0 radical (unpaired) electrons. The van der Waals surface area contributed by atoms with Crippen molar-refractivity contribution in [1.82, 2.24) is 15.3 Å². The van der Waals surface area contributed by atoms with Crippen LogP contribution in [0, 0.1) is 0 Å². The summed E-state index contributed by atoms with van der Waals surface area (Å²) in [5.41, 5.74) is -0.201. The summed E-state index contributed by atoms with van der Waals surface area (Å²) in [6, 6.07) is 8.92. The van der Waals surface area contributed by atoms with E-state index >= 15 is 0 Å². The number of aromatic nitrogens is 2. The number of carbonyl (C=O) groups excluding carboxylic acids is 1. The predicted molar refractivity (Wildman–Crippen MR) is 80.4 cm³/mol. The van der Waals surface area contributed by atoms with E-state index < -0.39 is 17.3 Å². The number of amides is 1. The van der Waals surface area contributed by atoms with Gasteiger partial charge in [0.1, 0.15) is 11.7 Å². The molecule has 114 valence electrons. The maximum Gasteiger partial charge on any atom is 0.315 e. The maximum absolute atomic E-state index is 12.1. The SMILES string of the molecule is CCC(CNC(=O)c1cncnc1)(C(=O)O)c1ccccc1. The zero-order valence-corrected chi connectivity index (χ0v) is 12.2. The van der Waals surface area contributed by atoms with Crippen LogP contribution in [0.3, 0.4) is 0 Å². The first-order valence-corrected chi connectivity index (χ1v) is 6.92. The molecule has 22 heavy (non-hydrogen) atoms. The van der Waals surface area contributed by atoms with Crippen molar-refractivity contribution in [2.24, 2.45) is 0 Å². The largest absolute Gasteiger partial charge is 0.481 e. The van der Waals surface area contributed by atoms with E-state index in [2.05, 4.69) is 15.3 Å². The molecule has 1 heterocycles. The molecule has 0 fully saturated rings. The Hall–Kier alpha value is -2.76. The van der Waals surface area contributed by atoms with Crippen LogP contribution >= 0.6 is 0 Å². The molecule has 0 spiro atoms. The lowest BCUT2D eigenvalue weighted by Crippen LogP contribution is -2.46. The lowest BCUT2D eigenvalue weighted by molar-refractivity contribution is -0.143. The second-order valence-electron chi connectivity index (χ2n) is 4.92. The summed E-state index contributed by atoms with van der Waals surface area (Å²) in [6.45, 7) is 1.79. The number of carbonyl (C=O) groups is 2. The highest BCUT2D eigenvalue weighted by atomic mass is 16.4. The Bertz CT molecular complexity index is 646. The first-order valence-electron chi connectivity index (χ1n) is 6.92. The molecule has 2 rings (SSSR count). The number of nitrogens with one attached hydrogen (secondary N) is 1. The predicted octanol–water partition coefficient (Wildman–Crippen LogP) is 1.64. The average molecular weight is 299 g/mol. The third kappa shape index (κ3) is 3.11. The molecule has 1 aromatic carbocycles. The topological polar surface area (TPSA) is 92.2 Å². The molecule has 0 aliphatic heterocycles. The van der Waals surface area contributed by atoms with E-state index in [1.54, 1.807) is 31.2 Å². The van der Waals surface area contributed by atoms with Gasteiger partial charge in [-0.2, -0.15) is 0 Å². The first-order chi connectivity index (χ1) is 10.6. The minimum atomic E-state index is -1.16. The van der Waals surface area contributed by atoms with Crippen LogP contribution in [0.5, 0.6) is 0 Å². The Balaban J connectivity index is 2.22. The lowest BCUT2D eigenvalue weighted by Gasteiger charge is -2.29. The number of aliphatic carboxylic acids is 1. The fourth-order valence-electron chi connectivity index (χ4n) is 2.29. The number of nitrogens with zero attached hydrogens (tertiary/aromatic N) is 2. The van der Waals surface area contributed by atoms with Crippen molar-refractivity contribution in [2.75, 3.05) is 6.54 Å². The standard InChI is InChI=1S/C16H17N3O3/c1-2-16(15(21)22,13-6-4-3-5-7-13)10-19-14(20)12-8-17-11-18-9-12/h3-9,11H,2,10H2,1H3,(H,19,20)(H,21,22). The van der Waals surface area contributed by atoms with Crippen molar-refractivity contribution < 1.29 is 14.7 Å². The summed E-state index contributed by atoms with van der Waals surface area (Å²) in [4.78, 5) is 31.5. The van der Waals surface area contributed by atoms with E-state index in [-0.39, 0.29) is 6.54 Å². The van der Waals surface area contributed by atoms with Crippen molar-refractivity contribution in [3.05, 3.63) is 60.2 Å². The van der Waals surface area contributed by atoms with Crippen LogP contribution < -0.4 is 5.32 Å². The van der Waals surface area contributed by atoms with E-state index in [9.17, 15) is 14.7 Å². The molecule has 0 aliphatic rings. The lowest BCUT2D eigenvalue weighted by atomic mass is 9.78. The van der Waals surface area contributed by atoms with Gasteiger partial charge in [-0.05, 0) is 12.0 Å². The Kier molecular flexibility index (Phi) is 4.83. The molecule has 1 unspecified atom stereocenters. The molecular weight excluding hydrogens is 282 g/mol. The van der Waals surface area contributed by atoms with Crippen molar-refractivity contribution >= 4 is 11.9 Å². The van der Waals surface area contributed by atoms with Gasteiger partial charge in [-0.3, -0.25) is 9.59 Å². The second-order valence-corrected chi connectivity index (χ2v) is 4.92. The number of carboxylic acids is 1. The highest BCUT2D eigenvalue weighted by Gasteiger charge is 2.39. The maximum atomic E-state index is 12.1. The summed E-state index contributed by atoms with van der Waals surface area (Å²) in [6.07, 6.45) is 4.46. The van der Waals surface area contributed by atoms with Gasteiger partial charge in [-0.1, -0.05) is 37.3 Å². The van der Waals surface area contributed by atoms with E-state index in [1.165, 1.54) is 18.7 Å². The minimum absolute atomic E-state index is 0.00340. The number of hydrogen-bond donors (Lipinski definition) is 2. The quantitative estimate of drug-likeness (QED) is 0.846.